The summed E-state index contributed by atoms with van der Waals surface area (Å²) in [4.78, 5) is 15.2. The molecule has 0 unspecified atom stereocenters. The lowest BCUT2D eigenvalue weighted by molar-refractivity contribution is -0.124. The highest BCUT2D eigenvalue weighted by Crippen LogP contribution is 2.29. The van der Waals surface area contributed by atoms with E-state index in [9.17, 15) is 4.79 Å². The molecule has 134 valence electrons. The molecular weight excluding hydrogens is 296 g/mol. The molecule has 1 fully saturated rings. The number of carbonyl (C=O) groups excluding carboxylic acids is 1. The molecule has 0 bridgehead atoms. The molecule has 1 saturated heterocycles. The van der Waals surface area contributed by atoms with Crippen molar-refractivity contribution in [2.45, 2.75) is 70.8 Å². The summed E-state index contributed by atoms with van der Waals surface area (Å²) in [7, 11) is 0. The van der Waals surface area contributed by atoms with Gasteiger partial charge in [0.25, 0.3) is 0 Å². The van der Waals surface area contributed by atoms with Crippen molar-refractivity contribution in [3.05, 3.63) is 30.3 Å². The van der Waals surface area contributed by atoms with Crippen molar-refractivity contribution in [1.82, 2.24) is 4.90 Å². The topological polar surface area (TPSA) is 32.3 Å². The minimum absolute atomic E-state index is 0.356. The lowest BCUT2D eigenvalue weighted by Crippen LogP contribution is -2.54. The molecular formula is C21H34N2O. The van der Waals surface area contributed by atoms with Gasteiger partial charge in [-0.15, -0.1) is 0 Å². The fraction of sp³-hybridized carbons (Fsp3) is 0.667. The molecule has 1 aromatic rings. The molecule has 0 amide bonds. The fourth-order valence-corrected chi connectivity index (χ4v) is 3.71. The van der Waals surface area contributed by atoms with Crippen molar-refractivity contribution in [3.8, 4) is 0 Å². The number of nitrogens with zero attached hydrogens (tertiary/aromatic N) is 1. The van der Waals surface area contributed by atoms with Crippen molar-refractivity contribution in [2.75, 3.05) is 25.0 Å². The average molecular weight is 331 g/mol. The first-order chi connectivity index (χ1) is 11.7. The number of nitrogens with one attached hydrogen (secondary N) is 1. The second kappa shape index (κ2) is 9.83. The number of likely N-dealkylation sites (tertiary alicyclic amines) is 1. The van der Waals surface area contributed by atoms with Crippen LogP contribution in [0.5, 0.6) is 0 Å². The molecule has 0 spiro atoms. The maximum atomic E-state index is 12.7. The Morgan fingerprint density at radius 1 is 1.04 bits per heavy atom. The third-order valence-corrected chi connectivity index (χ3v) is 5.30. The summed E-state index contributed by atoms with van der Waals surface area (Å²) in [6, 6.07) is 10.2. The van der Waals surface area contributed by atoms with E-state index in [1.165, 1.54) is 38.6 Å². The zero-order chi connectivity index (χ0) is 17.3. The van der Waals surface area contributed by atoms with E-state index in [1.807, 2.05) is 25.1 Å². The Labute approximate surface area is 147 Å². The second-order valence-electron chi connectivity index (χ2n) is 7.11. The van der Waals surface area contributed by atoms with E-state index >= 15 is 0 Å². The van der Waals surface area contributed by atoms with Gasteiger partial charge in [0, 0.05) is 25.2 Å². The van der Waals surface area contributed by atoms with Gasteiger partial charge in [0.15, 0.2) is 5.78 Å². The lowest BCUT2D eigenvalue weighted by Gasteiger charge is -2.42. The van der Waals surface area contributed by atoms with Gasteiger partial charge in [-0.3, -0.25) is 4.79 Å². The number of ketones is 1. The number of unbranched alkanes of at least 4 members (excludes halogenated alkanes) is 4. The molecule has 0 aliphatic carbocycles. The third-order valence-electron chi connectivity index (χ3n) is 5.30. The molecule has 1 heterocycles. The van der Waals surface area contributed by atoms with Gasteiger partial charge in [-0.2, -0.15) is 0 Å². The first-order valence-electron chi connectivity index (χ1n) is 9.79. The number of piperidine rings is 1. The van der Waals surface area contributed by atoms with Crippen LogP contribution in [0.1, 0.15) is 65.2 Å². The van der Waals surface area contributed by atoms with Crippen LogP contribution < -0.4 is 5.32 Å². The molecule has 0 radical (unpaired) electrons. The molecule has 3 heteroatoms. The van der Waals surface area contributed by atoms with Crippen molar-refractivity contribution < 1.29 is 4.79 Å². The van der Waals surface area contributed by atoms with Crippen LogP contribution in [0, 0.1) is 0 Å². The second-order valence-corrected chi connectivity index (χ2v) is 7.11. The number of para-hydroxylation sites is 1. The first kappa shape index (κ1) is 19.0. The Bertz CT molecular complexity index is 478. The van der Waals surface area contributed by atoms with E-state index in [0.29, 0.717) is 12.2 Å². The summed E-state index contributed by atoms with van der Waals surface area (Å²) in [5.41, 5.74) is 0.696. The molecule has 3 nitrogen and oxygen atoms in total. The Hall–Kier alpha value is -1.35. The van der Waals surface area contributed by atoms with Gasteiger partial charge in [0.2, 0.25) is 0 Å². The average Bonchev–Trinajstić information content (AvgIpc) is 2.63. The highest BCUT2D eigenvalue weighted by molar-refractivity contribution is 5.91. The number of carbonyl (C=O) groups is 1. The van der Waals surface area contributed by atoms with Gasteiger partial charge < -0.3 is 10.2 Å². The normalized spacial score (nSPS) is 17.6. The monoisotopic (exact) mass is 330 g/mol. The lowest BCUT2D eigenvalue weighted by atomic mass is 9.82. The Kier molecular flexibility index (Phi) is 7.77. The van der Waals surface area contributed by atoms with Gasteiger partial charge in [0.05, 0.1) is 5.54 Å². The SMILES string of the molecule is CCCCCCCN1CCC(Nc2ccccc2)(C(=O)CC)CC1. The Balaban J connectivity index is 1.87. The maximum absolute atomic E-state index is 12.7. The van der Waals surface area contributed by atoms with Gasteiger partial charge >= 0.3 is 0 Å². The fourth-order valence-electron chi connectivity index (χ4n) is 3.71. The minimum atomic E-state index is -0.366. The molecule has 0 saturated carbocycles. The van der Waals surface area contributed by atoms with Crippen LogP contribution in [0.15, 0.2) is 30.3 Å². The first-order valence-corrected chi connectivity index (χ1v) is 9.79. The van der Waals surface area contributed by atoms with E-state index in [0.717, 1.165) is 31.6 Å². The summed E-state index contributed by atoms with van der Waals surface area (Å²) >= 11 is 0. The summed E-state index contributed by atoms with van der Waals surface area (Å²) < 4.78 is 0. The summed E-state index contributed by atoms with van der Waals surface area (Å²) in [6.07, 6.45) is 9.10. The highest BCUT2D eigenvalue weighted by atomic mass is 16.1. The van der Waals surface area contributed by atoms with Crippen molar-refractivity contribution >= 4 is 11.5 Å². The summed E-state index contributed by atoms with van der Waals surface area (Å²) in [5.74, 6) is 0.356. The van der Waals surface area contributed by atoms with Crippen LogP contribution in [-0.4, -0.2) is 35.9 Å². The Morgan fingerprint density at radius 3 is 2.33 bits per heavy atom. The number of anilines is 1. The maximum Gasteiger partial charge on any atom is 0.157 e. The quantitative estimate of drug-likeness (QED) is 0.620. The number of rotatable bonds is 10. The van der Waals surface area contributed by atoms with E-state index < -0.39 is 0 Å². The van der Waals surface area contributed by atoms with Crippen LogP contribution in [-0.2, 0) is 4.79 Å². The molecule has 2 rings (SSSR count). The van der Waals surface area contributed by atoms with Crippen molar-refractivity contribution in [2.24, 2.45) is 0 Å². The van der Waals surface area contributed by atoms with Gasteiger partial charge in [-0.05, 0) is 37.9 Å². The highest BCUT2D eigenvalue weighted by Gasteiger charge is 2.39. The molecule has 0 atom stereocenters. The van der Waals surface area contributed by atoms with Gasteiger partial charge in [0.1, 0.15) is 0 Å². The summed E-state index contributed by atoms with van der Waals surface area (Å²) in [6.45, 7) is 7.48. The van der Waals surface area contributed by atoms with Crippen LogP contribution in [0.25, 0.3) is 0 Å². The standard InChI is InChI=1S/C21H34N2O/c1-3-5-6-7-11-16-23-17-14-21(15-18-23,20(24)4-2)22-19-12-9-8-10-13-19/h8-10,12-13,22H,3-7,11,14-18H2,1-2H3. The number of benzene rings is 1. The van der Waals surface area contributed by atoms with E-state index in [-0.39, 0.29) is 5.54 Å². The van der Waals surface area contributed by atoms with E-state index in [4.69, 9.17) is 0 Å². The predicted octanol–water partition coefficient (Wildman–Crippen LogP) is 4.88. The molecule has 1 aromatic carbocycles. The third kappa shape index (κ3) is 5.34. The van der Waals surface area contributed by atoms with Gasteiger partial charge in [-0.25, -0.2) is 0 Å². The van der Waals surface area contributed by atoms with Crippen LogP contribution in [0.2, 0.25) is 0 Å². The predicted molar refractivity (Wildman–Crippen MR) is 103 cm³/mol. The summed E-state index contributed by atoms with van der Waals surface area (Å²) in [5, 5.41) is 3.57. The molecule has 0 aromatic heterocycles. The zero-order valence-electron chi connectivity index (χ0n) is 15.5. The largest absolute Gasteiger partial charge is 0.373 e. The minimum Gasteiger partial charge on any atom is -0.373 e. The van der Waals surface area contributed by atoms with Crippen molar-refractivity contribution in [1.29, 1.82) is 0 Å². The number of hydrogen-bond acceptors (Lipinski definition) is 3. The zero-order valence-corrected chi connectivity index (χ0v) is 15.5. The Morgan fingerprint density at radius 2 is 1.71 bits per heavy atom. The van der Waals surface area contributed by atoms with Crippen LogP contribution in [0.3, 0.4) is 0 Å². The van der Waals surface area contributed by atoms with Crippen LogP contribution in [0.4, 0.5) is 5.69 Å². The van der Waals surface area contributed by atoms with Crippen LogP contribution >= 0.6 is 0 Å². The van der Waals surface area contributed by atoms with E-state index in [2.05, 4.69) is 29.3 Å². The van der Waals surface area contributed by atoms with E-state index in [1.54, 1.807) is 0 Å². The smallest absolute Gasteiger partial charge is 0.157 e. The number of Topliss-reactive ketones (excluding diaryl/α,β-unsaturated/α-hetero) is 1. The molecule has 1 aliphatic heterocycles. The van der Waals surface area contributed by atoms with Crippen molar-refractivity contribution in [3.63, 3.8) is 0 Å². The molecule has 1 N–H and O–H groups in total. The molecule has 1 aliphatic rings. The molecule has 24 heavy (non-hydrogen) atoms. The number of hydrogen-bond donors (Lipinski definition) is 1. The van der Waals surface area contributed by atoms with Gasteiger partial charge in [-0.1, -0.05) is 57.7 Å².